The molecule has 2 bridgehead atoms. The molecular weight excluding hydrogens is 484 g/mol. The lowest BCUT2D eigenvalue weighted by molar-refractivity contribution is 0.504. The first-order valence-corrected chi connectivity index (χ1v) is 14.3. The predicted octanol–water partition coefficient (Wildman–Crippen LogP) is 5.90. The Morgan fingerprint density at radius 2 is 1.86 bits per heavy atom. The van der Waals surface area contributed by atoms with E-state index in [-0.39, 0.29) is 17.4 Å². The van der Waals surface area contributed by atoms with Gasteiger partial charge in [0.15, 0.2) is 5.82 Å². The Bertz CT molecular complexity index is 1740. The van der Waals surface area contributed by atoms with Crippen LogP contribution >= 0.6 is 18.7 Å². The van der Waals surface area contributed by atoms with Crippen molar-refractivity contribution in [2.24, 2.45) is 0 Å². The van der Waals surface area contributed by atoms with Gasteiger partial charge in [0.1, 0.15) is 31.2 Å². The second-order valence-electron chi connectivity index (χ2n) is 9.56. The van der Waals surface area contributed by atoms with Crippen LogP contribution in [0.3, 0.4) is 0 Å². The lowest BCUT2D eigenvalue weighted by Gasteiger charge is -2.19. The summed E-state index contributed by atoms with van der Waals surface area (Å²) in [6.45, 7) is 3.16. The van der Waals surface area contributed by atoms with Gasteiger partial charge >= 0.3 is 0 Å². The number of hydrogen-bond acceptors (Lipinski definition) is 4. The first-order chi connectivity index (χ1) is 16.8. The van der Waals surface area contributed by atoms with Gasteiger partial charge in [0.25, 0.3) is 0 Å². The Labute approximate surface area is 205 Å². The second kappa shape index (κ2) is 7.12. The molecule has 0 amide bonds. The maximum Gasteiger partial charge on any atom is 0.159 e. The number of benzene rings is 3. The van der Waals surface area contributed by atoms with Crippen molar-refractivity contribution in [3.8, 4) is 22.5 Å². The van der Waals surface area contributed by atoms with E-state index in [1.807, 2.05) is 47.1 Å². The van der Waals surface area contributed by atoms with Gasteiger partial charge < -0.3 is 9.13 Å². The molecule has 2 aromatic heterocycles. The highest BCUT2D eigenvalue weighted by atomic mass is 35.5. The van der Waals surface area contributed by atoms with Crippen LogP contribution in [-0.2, 0) is 4.57 Å². The van der Waals surface area contributed by atoms with Gasteiger partial charge in [-0.25, -0.2) is 19.0 Å². The van der Waals surface area contributed by atoms with E-state index in [2.05, 4.69) is 14.6 Å². The molecule has 7 rings (SSSR count). The fourth-order valence-electron chi connectivity index (χ4n) is 5.60. The number of imidazole rings is 1. The number of rotatable bonds is 2. The van der Waals surface area contributed by atoms with Gasteiger partial charge in [0.05, 0.1) is 17.1 Å². The standard InChI is InChI=1S/C26H20ClFN5OP/c1-35(2,34)23-9-7-14(10-18(23)28)15-6-8-19-20(11-15)32-21-12-22(26(32)31-19)33-25(29-13-30-33)16-4-3-5-17(27)24(16)21/h3-11,13,21-22H,12H2,1-2H3/t21-,22-/m0/s1. The molecular formula is C26H20ClFN5OP. The molecule has 174 valence electrons. The molecule has 2 aliphatic rings. The lowest BCUT2D eigenvalue weighted by atomic mass is 9.98. The lowest BCUT2D eigenvalue weighted by Crippen LogP contribution is -2.12. The third kappa shape index (κ3) is 2.95. The summed E-state index contributed by atoms with van der Waals surface area (Å²) in [5.41, 5.74) is 5.42. The van der Waals surface area contributed by atoms with E-state index < -0.39 is 13.0 Å². The molecule has 0 saturated heterocycles. The highest BCUT2D eigenvalue weighted by Gasteiger charge is 2.42. The Hall–Kier alpha value is -3.28. The van der Waals surface area contributed by atoms with Gasteiger partial charge in [-0.3, -0.25) is 0 Å². The predicted molar refractivity (Wildman–Crippen MR) is 136 cm³/mol. The average Bonchev–Trinajstić information content (AvgIpc) is 3.49. The van der Waals surface area contributed by atoms with Crippen molar-refractivity contribution < 1.29 is 8.96 Å². The molecule has 0 aliphatic carbocycles. The van der Waals surface area contributed by atoms with Crippen molar-refractivity contribution in [1.82, 2.24) is 24.3 Å². The number of fused-ring (bicyclic) bond motifs is 6. The second-order valence-corrected chi connectivity index (χ2v) is 13.1. The summed E-state index contributed by atoms with van der Waals surface area (Å²) in [7, 11) is -2.70. The van der Waals surface area contributed by atoms with Crippen molar-refractivity contribution in [2.45, 2.75) is 18.5 Å². The fourth-order valence-corrected chi connectivity index (χ4v) is 6.91. The zero-order valence-electron chi connectivity index (χ0n) is 19.0. The Balaban J connectivity index is 1.45. The van der Waals surface area contributed by atoms with E-state index >= 15 is 0 Å². The molecule has 3 aromatic carbocycles. The average molecular weight is 504 g/mol. The van der Waals surface area contributed by atoms with Gasteiger partial charge in [-0.15, -0.1) is 0 Å². The first kappa shape index (κ1) is 21.0. The molecule has 9 heteroatoms. The normalized spacial score (nSPS) is 18.3. The Morgan fingerprint density at radius 1 is 1.06 bits per heavy atom. The molecule has 2 atom stereocenters. The molecule has 0 spiro atoms. The summed E-state index contributed by atoms with van der Waals surface area (Å²) in [6.07, 6.45) is 2.36. The maximum atomic E-state index is 14.8. The molecule has 0 fully saturated rings. The fraction of sp³-hybridized carbons (Fsp3) is 0.192. The molecule has 0 N–H and O–H groups in total. The molecule has 4 heterocycles. The molecule has 0 unspecified atom stereocenters. The van der Waals surface area contributed by atoms with E-state index in [1.165, 1.54) is 6.07 Å². The van der Waals surface area contributed by atoms with E-state index in [1.54, 1.807) is 25.7 Å². The van der Waals surface area contributed by atoms with E-state index in [0.717, 1.165) is 51.4 Å². The van der Waals surface area contributed by atoms with Gasteiger partial charge in [0, 0.05) is 27.9 Å². The highest BCUT2D eigenvalue weighted by Crippen LogP contribution is 2.50. The summed E-state index contributed by atoms with van der Waals surface area (Å²) < 4.78 is 31.4. The summed E-state index contributed by atoms with van der Waals surface area (Å²) in [4.78, 5) is 9.51. The molecule has 2 aliphatic heterocycles. The maximum absolute atomic E-state index is 14.8. The molecule has 5 aromatic rings. The highest BCUT2D eigenvalue weighted by molar-refractivity contribution is 7.70. The van der Waals surface area contributed by atoms with E-state index in [9.17, 15) is 8.96 Å². The third-order valence-corrected chi connectivity index (χ3v) is 8.98. The summed E-state index contributed by atoms with van der Waals surface area (Å²) in [5.74, 6) is 1.27. The van der Waals surface area contributed by atoms with Crippen molar-refractivity contribution in [3.63, 3.8) is 0 Å². The van der Waals surface area contributed by atoms with Crippen molar-refractivity contribution in [1.29, 1.82) is 0 Å². The van der Waals surface area contributed by atoms with Crippen molar-refractivity contribution in [3.05, 3.63) is 83.2 Å². The Morgan fingerprint density at radius 3 is 2.66 bits per heavy atom. The molecule has 0 radical (unpaired) electrons. The number of halogens is 2. The van der Waals surface area contributed by atoms with Gasteiger partial charge in [-0.05, 0) is 54.8 Å². The van der Waals surface area contributed by atoms with Crippen LogP contribution in [0.5, 0.6) is 0 Å². The van der Waals surface area contributed by atoms with E-state index in [0.29, 0.717) is 5.02 Å². The van der Waals surface area contributed by atoms with Crippen molar-refractivity contribution >= 4 is 35.1 Å². The number of nitrogens with zero attached hydrogens (tertiary/aromatic N) is 5. The number of aromatic nitrogens is 5. The zero-order valence-corrected chi connectivity index (χ0v) is 20.6. The van der Waals surface area contributed by atoms with Crippen molar-refractivity contribution in [2.75, 3.05) is 13.3 Å². The van der Waals surface area contributed by atoms with Crippen LogP contribution in [0, 0.1) is 5.82 Å². The van der Waals surface area contributed by atoms with Gasteiger partial charge in [0.2, 0.25) is 0 Å². The monoisotopic (exact) mass is 503 g/mol. The SMILES string of the molecule is CP(C)(=O)c1ccc(-c2ccc3nc4n(c3c2)[C@H]2C[C@@H]4n3ncnc3-c3cccc(Cl)c32)cc1F. The van der Waals surface area contributed by atoms with Crippen LogP contribution in [0.1, 0.15) is 29.9 Å². The van der Waals surface area contributed by atoms with E-state index in [4.69, 9.17) is 16.6 Å². The largest absolute Gasteiger partial charge is 0.319 e. The first-order valence-electron chi connectivity index (χ1n) is 11.4. The summed E-state index contributed by atoms with van der Waals surface area (Å²) in [5, 5.41) is 5.50. The zero-order chi connectivity index (χ0) is 24.1. The van der Waals surface area contributed by atoms with Crippen LogP contribution in [0.25, 0.3) is 33.5 Å². The van der Waals surface area contributed by atoms with Crippen LogP contribution in [0.2, 0.25) is 5.02 Å². The smallest absolute Gasteiger partial charge is 0.159 e. The molecule has 6 nitrogen and oxygen atoms in total. The minimum absolute atomic E-state index is 0.0207. The molecule has 35 heavy (non-hydrogen) atoms. The topological polar surface area (TPSA) is 65.6 Å². The minimum atomic E-state index is -2.70. The molecule has 0 saturated carbocycles. The van der Waals surface area contributed by atoms with Crippen LogP contribution in [0.4, 0.5) is 4.39 Å². The summed E-state index contributed by atoms with van der Waals surface area (Å²) in [6, 6.07) is 16.7. The van der Waals surface area contributed by atoms with Crippen LogP contribution < -0.4 is 5.30 Å². The van der Waals surface area contributed by atoms with Crippen LogP contribution in [0.15, 0.2) is 60.9 Å². The third-order valence-electron chi connectivity index (χ3n) is 7.13. The minimum Gasteiger partial charge on any atom is -0.319 e. The Kier molecular flexibility index (Phi) is 4.28. The summed E-state index contributed by atoms with van der Waals surface area (Å²) >= 11 is 6.77. The van der Waals surface area contributed by atoms with Gasteiger partial charge in [-0.1, -0.05) is 35.9 Å². The van der Waals surface area contributed by atoms with Gasteiger partial charge in [-0.2, -0.15) is 5.10 Å². The number of hydrogen-bond donors (Lipinski definition) is 0. The van der Waals surface area contributed by atoms with Crippen LogP contribution in [-0.4, -0.2) is 37.6 Å². The quantitative estimate of drug-likeness (QED) is 0.281.